The van der Waals surface area contributed by atoms with Gasteiger partial charge in [-0.3, -0.25) is 4.79 Å². The number of aromatic nitrogens is 1. The summed E-state index contributed by atoms with van der Waals surface area (Å²) in [6, 6.07) is 6.80. The molecule has 0 N–H and O–H groups in total. The molecular weight excluding hydrogens is 222 g/mol. The van der Waals surface area contributed by atoms with Crippen molar-refractivity contribution < 1.29 is 18.8 Å². The SMILES string of the molecule is O=Cc1cc(-c2ccc3c(c2)COC3=O)no1. The van der Waals surface area contributed by atoms with Gasteiger partial charge in [0.15, 0.2) is 12.0 Å². The van der Waals surface area contributed by atoms with Crippen molar-refractivity contribution in [1.82, 2.24) is 5.16 Å². The summed E-state index contributed by atoms with van der Waals surface area (Å²) in [5.41, 5.74) is 2.75. The quantitative estimate of drug-likeness (QED) is 0.580. The van der Waals surface area contributed by atoms with Crippen LogP contribution in [0, 0.1) is 0 Å². The molecule has 0 amide bonds. The predicted molar refractivity (Wildman–Crippen MR) is 56.4 cm³/mol. The molecule has 2 heterocycles. The number of cyclic esters (lactones) is 1. The summed E-state index contributed by atoms with van der Waals surface area (Å²) < 4.78 is 9.69. The summed E-state index contributed by atoms with van der Waals surface area (Å²) in [7, 11) is 0. The summed E-state index contributed by atoms with van der Waals surface area (Å²) >= 11 is 0. The van der Waals surface area contributed by atoms with Crippen LogP contribution in [0.25, 0.3) is 11.3 Å². The molecule has 0 aliphatic carbocycles. The van der Waals surface area contributed by atoms with Crippen molar-refractivity contribution in [3.63, 3.8) is 0 Å². The number of hydrogen-bond donors (Lipinski definition) is 0. The highest BCUT2D eigenvalue weighted by atomic mass is 16.5. The molecule has 0 fully saturated rings. The highest BCUT2D eigenvalue weighted by molar-refractivity contribution is 5.94. The third-order valence-electron chi connectivity index (χ3n) is 2.62. The third-order valence-corrected chi connectivity index (χ3v) is 2.62. The molecule has 0 saturated heterocycles. The van der Waals surface area contributed by atoms with Gasteiger partial charge in [-0.2, -0.15) is 0 Å². The van der Waals surface area contributed by atoms with Crippen LogP contribution < -0.4 is 0 Å². The molecule has 5 nitrogen and oxygen atoms in total. The van der Waals surface area contributed by atoms with Crippen molar-refractivity contribution in [3.05, 3.63) is 41.2 Å². The van der Waals surface area contributed by atoms with Crippen LogP contribution in [0.2, 0.25) is 0 Å². The molecule has 0 saturated carbocycles. The van der Waals surface area contributed by atoms with Crippen LogP contribution in [-0.2, 0) is 11.3 Å². The largest absolute Gasteiger partial charge is 0.457 e. The normalized spacial score (nSPS) is 13.3. The summed E-state index contributed by atoms with van der Waals surface area (Å²) in [5.74, 6) is -0.131. The highest BCUT2D eigenvalue weighted by Gasteiger charge is 2.21. The van der Waals surface area contributed by atoms with Gasteiger partial charge in [0, 0.05) is 17.2 Å². The average Bonchev–Trinajstić information content (AvgIpc) is 2.96. The van der Waals surface area contributed by atoms with Gasteiger partial charge in [-0.25, -0.2) is 4.79 Å². The fourth-order valence-electron chi connectivity index (χ4n) is 1.77. The first-order valence-electron chi connectivity index (χ1n) is 5.00. The number of benzene rings is 1. The Hall–Kier alpha value is -2.43. The molecule has 17 heavy (non-hydrogen) atoms. The molecule has 0 spiro atoms. The minimum atomic E-state index is -0.305. The number of carbonyl (C=O) groups excluding carboxylic acids is 2. The third kappa shape index (κ3) is 1.52. The number of carbonyl (C=O) groups is 2. The van der Waals surface area contributed by atoms with Gasteiger partial charge in [0.05, 0.1) is 5.56 Å². The van der Waals surface area contributed by atoms with Crippen LogP contribution in [0.15, 0.2) is 28.8 Å². The Kier molecular flexibility index (Phi) is 2.04. The lowest BCUT2D eigenvalue weighted by Gasteiger charge is -1.97. The van der Waals surface area contributed by atoms with Gasteiger partial charge in [-0.15, -0.1) is 0 Å². The topological polar surface area (TPSA) is 69.4 Å². The molecule has 5 heteroatoms. The van der Waals surface area contributed by atoms with E-state index in [1.54, 1.807) is 18.2 Å². The van der Waals surface area contributed by atoms with Crippen molar-refractivity contribution in [2.75, 3.05) is 0 Å². The van der Waals surface area contributed by atoms with Gasteiger partial charge < -0.3 is 9.26 Å². The standard InChI is InChI=1S/C12H7NO4/c14-5-9-4-11(13-17-9)7-1-2-10-8(3-7)6-16-12(10)15/h1-5H,6H2. The summed E-state index contributed by atoms with van der Waals surface area (Å²) in [4.78, 5) is 21.7. The molecule has 0 bridgehead atoms. The zero-order valence-electron chi connectivity index (χ0n) is 8.67. The number of ether oxygens (including phenoxy) is 1. The maximum absolute atomic E-state index is 11.3. The van der Waals surface area contributed by atoms with Crippen molar-refractivity contribution in [3.8, 4) is 11.3 Å². The Labute approximate surface area is 96.0 Å². The van der Waals surface area contributed by atoms with E-state index < -0.39 is 0 Å². The molecule has 1 aromatic heterocycles. The number of rotatable bonds is 2. The first-order chi connectivity index (χ1) is 8.28. The number of hydrogen-bond acceptors (Lipinski definition) is 5. The fourth-order valence-corrected chi connectivity index (χ4v) is 1.77. The molecule has 1 aliphatic heterocycles. The average molecular weight is 229 g/mol. The molecule has 1 aromatic carbocycles. The smallest absolute Gasteiger partial charge is 0.338 e. The van der Waals surface area contributed by atoms with E-state index in [1.807, 2.05) is 6.07 Å². The van der Waals surface area contributed by atoms with Gasteiger partial charge in [-0.1, -0.05) is 11.2 Å². The van der Waals surface area contributed by atoms with E-state index in [9.17, 15) is 9.59 Å². The maximum atomic E-state index is 11.3. The van der Waals surface area contributed by atoms with E-state index in [-0.39, 0.29) is 18.3 Å². The fraction of sp³-hybridized carbons (Fsp3) is 0.0833. The Balaban J connectivity index is 2.05. The van der Waals surface area contributed by atoms with Crippen molar-refractivity contribution >= 4 is 12.3 Å². The predicted octanol–water partition coefficient (Wildman–Crippen LogP) is 1.82. The second-order valence-corrected chi connectivity index (χ2v) is 3.68. The van der Waals surface area contributed by atoms with E-state index in [4.69, 9.17) is 9.26 Å². The Bertz CT molecular complexity index is 615. The molecule has 1 aliphatic rings. The maximum Gasteiger partial charge on any atom is 0.338 e. The molecule has 3 rings (SSSR count). The number of aldehydes is 1. The minimum absolute atomic E-state index is 0.174. The lowest BCUT2D eigenvalue weighted by molar-refractivity contribution is 0.0535. The van der Waals surface area contributed by atoms with Gasteiger partial charge >= 0.3 is 5.97 Å². The number of esters is 1. The van der Waals surface area contributed by atoms with Crippen LogP contribution >= 0.6 is 0 Å². The van der Waals surface area contributed by atoms with E-state index in [0.29, 0.717) is 17.5 Å². The molecule has 0 radical (unpaired) electrons. The van der Waals surface area contributed by atoms with E-state index in [0.717, 1.165) is 11.1 Å². The van der Waals surface area contributed by atoms with Crippen LogP contribution in [0.5, 0.6) is 0 Å². The van der Waals surface area contributed by atoms with Crippen LogP contribution in [-0.4, -0.2) is 17.4 Å². The Morgan fingerprint density at radius 3 is 2.94 bits per heavy atom. The van der Waals surface area contributed by atoms with Gasteiger partial charge in [0.2, 0.25) is 0 Å². The first kappa shape index (κ1) is 9.77. The second kappa shape index (κ2) is 3.55. The van der Waals surface area contributed by atoms with E-state index in [1.165, 1.54) is 0 Å². The zero-order valence-corrected chi connectivity index (χ0v) is 8.67. The van der Waals surface area contributed by atoms with Crippen molar-refractivity contribution in [2.24, 2.45) is 0 Å². The monoisotopic (exact) mass is 229 g/mol. The van der Waals surface area contributed by atoms with E-state index >= 15 is 0 Å². The summed E-state index contributed by atoms with van der Waals surface area (Å²) in [6.07, 6.45) is 0.594. The highest BCUT2D eigenvalue weighted by Crippen LogP contribution is 2.26. The molecule has 0 unspecified atom stereocenters. The first-order valence-corrected chi connectivity index (χ1v) is 5.00. The van der Waals surface area contributed by atoms with Crippen molar-refractivity contribution in [2.45, 2.75) is 6.61 Å². The molecule has 0 atom stereocenters. The van der Waals surface area contributed by atoms with Crippen LogP contribution in [0.1, 0.15) is 26.5 Å². The Morgan fingerprint density at radius 1 is 1.29 bits per heavy atom. The minimum Gasteiger partial charge on any atom is -0.457 e. The lowest BCUT2D eigenvalue weighted by Crippen LogP contribution is -1.92. The second-order valence-electron chi connectivity index (χ2n) is 3.68. The number of nitrogens with zero attached hydrogens (tertiary/aromatic N) is 1. The van der Waals surface area contributed by atoms with Crippen molar-refractivity contribution in [1.29, 1.82) is 0 Å². The van der Waals surface area contributed by atoms with Gasteiger partial charge in [0.25, 0.3) is 0 Å². The zero-order chi connectivity index (χ0) is 11.8. The molecule has 84 valence electrons. The summed E-state index contributed by atoms with van der Waals surface area (Å²) in [5, 5.41) is 3.77. The van der Waals surface area contributed by atoms with Crippen LogP contribution in [0.3, 0.4) is 0 Å². The van der Waals surface area contributed by atoms with Gasteiger partial charge in [-0.05, 0) is 12.1 Å². The molecule has 2 aromatic rings. The molecular formula is C12H7NO4. The number of fused-ring (bicyclic) bond motifs is 1. The van der Waals surface area contributed by atoms with E-state index in [2.05, 4.69) is 5.16 Å². The Morgan fingerprint density at radius 2 is 2.18 bits per heavy atom. The lowest BCUT2D eigenvalue weighted by atomic mass is 10.0. The van der Waals surface area contributed by atoms with Gasteiger partial charge in [0.1, 0.15) is 12.3 Å². The summed E-state index contributed by atoms with van der Waals surface area (Å²) in [6.45, 7) is 0.278. The van der Waals surface area contributed by atoms with Crippen LogP contribution in [0.4, 0.5) is 0 Å².